The number of hydrogen-bond acceptors (Lipinski definition) is 6. The Hall–Kier alpha value is -1.34. The van der Waals surface area contributed by atoms with E-state index in [0.29, 0.717) is 6.61 Å². The molecule has 0 amide bonds. The average Bonchev–Trinajstić information content (AvgIpc) is 2.60. The van der Waals surface area contributed by atoms with Gasteiger partial charge in [0.05, 0.1) is 6.61 Å². The Labute approximate surface area is 145 Å². The highest BCUT2D eigenvalue weighted by atomic mass is 16.5. The molecule has 0 spiro atoms. The van der Waals surface area contributed by atoms with Gasteiger partial charge in [0.15, 0.2) is 0 Å². The molecular weight excluding hydrogens is 306 g/mol. The number of ether oxygens (including phenoxy) is 1. The number of nitrogens with one attached hydrogen (secondary N) is 2. The second kappa shape index (κ2) is 14.0. The van der Waals surface area contributed by atoms with E-state index < -0.39 is 0 Å². The molecule has 0 heterocycles. The van der Waals surface area contributed by atoms with Crippen LogP contribution < -0.4 is 20.7 Å². The lowest BCUT2D eigenvalue weighted by atomic mass is 10.2. The van der Waals surface area contributed by atoms with Gasteiger partial charge in [-0.15, -0.1) is 0 Å². The predicted molar refractivity (Wildman–Crippen MR) is 98.0 cm³/mol. The van der Waals surface area contributed by atoms with Crippen molar-refractivity contribution < 1.29 is 14.9 Å². The summed E-state index contributed by atoms with van der Waals surface area (Å²) in [6, 6.07) is 7.94. The van der Waals surface area contributed by atoms with Gasteiger partial charge in [-0.1, -0.05) is 12.1 Å². The fourth-order valence-electron chi connectivity index (χ4n) is 2.35. The molecule has 1 rings (SSSR count). The molecule has 0 saturated carbocycles. The first-order valence-electron chi connectivity index (χ1n) is 9.04. The highest BCUT2D eigenvalue weighted by Crippen LogP contribution is 2.25. The standard InChI is InChI=1S/C18H33N3O3/c1-2-24-18-12-6-5-11-17(18)21(19-13-7-3-9-15-22)20-14-8-4-10-16-23/h5-6,11-12,19-20,22-23H,2-4,7-10,13-16H2,1H3. The monoisotopic (exact) mass is 339 g/mol. The van der Waals surface area contributed by atoms with Crippen molar-refractivity contribution in [3.05, 3.63) is 24.3 Å². The third-order valence-electron chi connectivity index (χ3n) is 3.62. The molecule has 0 aliphatic rings. The first-order chi connectivity index (χ1) is 11.8. The maximum absolute atomic E-state index is 8.86. The summed E-state index contributed by atoms with van der Waals surface area (Å²) in [5, 5.41) is 19.6. The Balaban J connectivity index is 2.58. The summed E-state index contributed by atoms with van der Waals surface area (Å²) < 4.78 is 5.72. The van der Waals surface area contributed by atoms with Crippen molar-refractivity contribution in [2.45, 2.75) is 45.4 Å². The first-order valence-corrected chi connectivity index (χ1v) is 9.04. The van der Waals surface area contributed by atoms with Gasteiger partial charge in [-0.2, -0.15) is 0 Å². The van der Waals surface area contributed by atoms with E-state index in [-0.39, 0.29) is 13.2 Å². The summed E-state index contributed by atoms with van der Waals surface area (Å²) >= 11 is 0. The van der Waals surface area contributed by atoms with Crippen molar-refractivity contribution in [3.63, 3.8) is 0 Å². The molecule has 0 fully saturated rings. The summed E-state index contributed by atoms with van der Waals surface area (Å²) in [6.45, 7) is 4.75. The fraction of sp³-hybridized carbons (Fsp3) is 0.667. The van der Waals surface area contributed by atoms with Crippen molar-refractivity contribution >= 4 is 5.69 Å². The number of nitrogens with zero attached hydrogens (tertiary/aromatic N) is 1. The second-order valence-electron chi connectivity index (χ2n) is 5.62. The number of para-hydroxylation sites is 2. The average molecular weight is 339 g/mol. The lowest BCUT2D eigenvalue weighted by Crippen LogP contribution is -2.49. The molecule has 0 atom stereocenters. The largest absolute Gasteiger partial charge is 0.492 e. The Morgan fingerprint density at radius 3 is 2.00 bits per heavy atom. The minimum absolute atomic E-state index is 0.250. The number of hydrazine groups is 2. The smallest absolute Gasteiger partial charge is 0.145 e. The van der Waals surface area contributed by atoms with Crippen LogP contribution in [0.3, 0.4) is 0 Å². The minimum atomic E-state index is 0.250. The van der Waals surface area contributed by atoms with Gasteiger partial charge in [0.1, 0.15) is 11.4 Å². The van der Waals surface area contributed by atoms with Gasteiger partial charge in [0.25, 0.3) is 0 Å². The van der Waals surface area contributed by atoms with Crippen LogP contribution in [-0.4, -0.2) is 43.1 Å². The van der Waals surface area contributed by atoms with Crippen LogP contribution in [0.1, 0.15) is 45.4 Å². The minimum Gasteiger partial charge on any atom is -0.492 e. The lowest BCUT2D eigenvalue weighted by Gasteiger charge is -2.28. The van der Waals surface area contributed by atoms with Gasteiger partial charge in [0.2, 0.25) is 0 Å². The van der Waals surface area contributed by atoms with E-state index in [1.807, 2.05) is 36.3 Å². The van der Waals surface area contributed by atoms with Crippen LogP contribution >= 0.6 is 0 Å². The van der Waals surface area contributed by atoms with Crippen LogP contribution in [-0.2, 0) is 0 Å². The molecule has 4 N–H and O–H groups in total. The van der Waals surface area contributed by atoms with Gasteiger partial charge >= 0.3 is 0 Å². The van der Waals surface area contributed by atoms with E-state index in [1.54, 1.807) is 0 Å². The third-order valence-corrected chi connectivity index (χ3v) is 3.62. The zero-order valence-corrected chi connectivity index (χ0v) is 14.8. The summed E-state index contributed by atoms with van der Waals surface area (Å²) in [4.78, 5) is 0. The van der Waals surface area contributed by atoms with Crippen LogP contribution in [0, 0.1) is 0 Å². The van der Waals surface area contributed by atoms with E-state index in [9.17, 15) is 0 Å². The topological polar surface area (TPSA) is 77.0 Å². The molecule has 6 heteroatoms. The Morgan fingerprint density at radius 1 is 0.875 bits per heavy atom. The molecule has 0 bridgehead atoms. The zero-order chi connectivity index (χ0) is 17.5. The Morgan fingerprint density at radius 2 is 1.46 bits per heavy atom. The molecule has 24 heavy (non-hydrogen) atoms. The quantitative estimate of drug-likeness (QED) is 0.290. The number of benzene rings is 1. The number of aliphatic hydroxyl groups is 2. The SMILES string of the molecule is CCOc1ccccc1N(NCCCCCO)NCCCCCO. The molecule has 6 nitrogen and oxygen atoms in total. The van der Waals surface area contributed by atoms with E-state index in [0.717, 1.165) is 63.1 Å². The summed E-state index contributed by atoms with van der Waals surface area (Å²) in [5.74, 6) is 0.839. The molecule has 0 aliphatic heterocycles. The summed E-state index contributed by atoms with van der Waals surface area (Å²) in [5.41, 5.74) is 7.75. The van der Waals surface area contributed by atoms with Crippen LogP contribution in [0.5, 0.6) is 5.75 Å². The molecule has 0 unspecified atom stereocenters. The Kier molecular flexibility index (Phi) is 12.1. The van der Waals surface area contributed by atoms with Crippen LogP contribution in [0.25, 0.3) is 0 Å². The molecule has 0 saturated heterocycles. The van der Waals surface area contributed by atoms with Crippen molar-refractivity contribution in [1.29, 1.82) is 0 Å². The Bertz CT molecular complexity index is 404. The maximum Gasteiger partial charge on any atom is 0.145 e. The molecule has 0 radical (unpaired) electrons. The van der Waals surface area contributed by atoms with Gasteiger partial charge in [-0.05, 0) is 57.6 Å². The number of aliphatic hydroxyl groups excluding tert-OH is 2. The zero-order valence-electron chi connectivity index (χ0n) is 14.8. The number of rotatable bonds is 15. The predicted octanol–water partition coefficient (Wildman–Crippen LogP) is 2.23. The highest BCUT2D eigenvalue weighted by Gasteiger charge is 2.11. The number of unbranched alkanes of at least 4 members (excludes halogenated alkanes) is 4. The van der Waals surface area contributed by atoms with Gasteiger partial charge < -0.3 is 14.9 Å². The van der Waals surface area contributed by atoms with E-state index in [4.69, 9.17) is 14.9 Å². The van der Waals surface area contributed by atoms with Crippen LogP contribution in [0.4, 0.5) is 5.69 Å². The number of anilines is 1. The second-order valence-corrected chi connectivity index (χ2v) is 5.62. The van der Waals surface area contributed by atoms with E-state index >= 15 is 0 Å². The third kappa shape index (κ3) is 8.49. The van der Waals surface area contributed by atoms with Gasteiger partial charge in [-0.3, -0.25) is 0 Å². The fourth-order valence-corrected chi connectivity index (χ4v) is 2.35. The molecule has 1 aromatic carbocycles. The highest BCUT2D eigenvalue weighted by molar-refractivity contribution is 5.56. The molecule has 0 aromatic heterocycles. The molecule has 138 valence electrons. The molecule has 1 aromatic rings. The van der Waals surface area contributed by atoms with Crippen molar-refractivity contribution in [2.75, 3.05) is 38.0 Å². The summed E-state index contributed by atoms with van der Waals surface area (Å²) in [7, 11) is 0. The molecule has 0 aliphatic carbocycles. The van der Waals surface area contributed by atoms with E-state index in [1.165, 1.54) is 0 Å². The van der Waals surface area contributed by atoms with Gasteiger partial charge in [-0.25, -0.2) is 16.0 Å². The van der Waals surface area contributed by atoms with Crippen molar-refractivity contribution in [2.24, 2.45) is 0 Å². The van der Waals surface area contributed by atoms with Gasteiger partial charge in [0, 0.05) is 26.3 Å². The first kappa shape index (κ1) is 20.7. The summed E-state index contributed by atoms with van der Waals surface area (Å²) in [6.07, 6.45) is 5.68. The van der Waals surface area contributed by atoms with Crippen molar-refractivity contribution in [3.8, 4) is 5.75 Å². The maximum atomic E-state index is 8.86. The van der Waals surface area contributed by atoms with Crippen LogP contribution in [0.15, 0.2) is 24.3 Å². The van der Waals surface area contributed by atoms with Crippen LogP contribution in [0.2, 0.25) is 0 Å². The number of hydrogen-bond donors (Lipinski definition) is 4. The van der Waals surface area contributed by atoms with Crippen molar-refractivity contribution in [1.82, 2.24) is 10.9 Å². The lowest BCUT2D eigenvalue weighted by molar-refractivity contribution is 0.282. The molecular formula is C18H33N3O3. The van der Waals surface area contributed by atoms with E-state index in [2.05, 4.69) is 10.9 Å². The normalized spacial score (nSPS) is 10.8.